The molecule has 1 heterocycles. The van der Waals surface area contributed by atoms with Crippen molar-refractivity contribution >= 4 is 17.6 Å². The molecule has 17 heavy (non-hydrogen) atoms. The van der Waals surface area contributed by atoms with E-state index in [9.17, 15) is 0 Å². The molecule has 0 aliphatic heterocycles. The second-order valence-corrected chi connectivity index (χ2v) is 5.09. The third-order valence-corrected chi connectivity index (χ3v) is 3.63. The third-order valence-electron chi connectivity index (χ3n) is 2.64. The molecule has 2 N–H and O–H groups in total. The number of aromatic nitrogens is 2. The van der Waals surface area contributed by atoms with Crippen LogP contribution >= 0.6 is 11.8 Å². The van der Waals surface area contributed by atoms with Crippen LogP contribution in [-0.2, 0) is 12.3 Å². The summed E-state index contributed by atoms with van der Waals surface area (Å²) in [6.07, 6.45) is 1.92. The van der Waals surface area contributed by atoms with Crippen molar-refractivity contribution in [3.63, 3.8) is 0 Å². The van der Waals surface area contributed by atoms with E-state index in [4.69, 9.17) is 5.73 Å². The van der Waals surface area contributed by atoms with Gasteiger partial charge in [0.15, 0.2) is 0 Å². The monoisotopic (exact) mass is 247 g/mol. The average Bonchev–Trinajstić information content (AvgIpc) is 2.73. The van der Waals surface area contributed by atoms with E-state index < -0.39 is 0 Å². The third kappa shape index (κ3) is 3.53. The maximum Gasteiger partial charge on any atom is 0.145 e. The van der Waals surface area contributed by atoms with Crippen LogP contribution in [0.2, 0.25) is 0 Å². The van der Waals surface area contributed by atoms with Crippen LogP contribution in [0.3, 0.4) is 0 Å². The minimum absolute atomic E-state index is 0.592. The fourth-order valence-corrected chi connectivity index (χ4v) is 2.62. The Morgan fingerprint density at radius 3 is 2.82 bits per heavy atom. The van der Waals surface area contributed by atoms with Gasteiger partial charge in [0, 0.05) is 17.7 Å². The summed E-state index contributed by atoms with van der Waals surface area (Å²) in [5.74, 6) is 2.70. The molecule has 0 bridgehead atoms. The molecule has 3 nitrogen and oxygen atoms in total. The number of nitrogen functional groups attached to an aromatic ring is 1. The first-order valence-corrected chi connectivity index (χ1v) is 6.82. The first kappa shape index (κ1) is 12.0. The molecular formula is C13H17N3S. The Morgan fingerprint density at radius 1 is 1.29 bits per heavy atom. The molecule has 0 saturated carbocycles. The maximum absolute atomic E-state index is 5.56. The summed E-state index contributed by atoms with van der Waals surface area (Å²) < 4.78 is 1.89. The molecular weight excluding hydrogens is 230 g/mol. The zero-order chi connectivity index (χ0) is 12.1. The molecule has 2 aromatic rings. The minimum Gasteiger partial charge on any atom is -0.382 e. The predicted octanol–water partition coefficient (Wildman–Crippen LogP) is 2.71. The number of nitrogens with zero attached hydrogens (tertiary/aromatic N) is 2. The highest BCUT2D eigenvalue weighted by Crippen LogP contribution is 2.15. The summed E-state index contributed by atoms with van der Waals surface area (Å²) in [6, 6.07) is 10.3. The van der Waals surface area contributed by atoms with Gasteiger partial charge in [0.05, 0.1) is 6.54 Å². The second kappa shape index (κ2) is 5.77. The molecule has 0 unspecified atom stereocenters. The summed E-state index contributed by atoms with van der Waals surface area (Å²) in [5, 5.41) is 4.15. The molecule has 1 aromatic heterocycles. The van der Waals surface area contributed by atoms with E-state index in [0.29, 0.717) is 5.82 Å². The zero-order valence-electron chi connectivity index (χ0n) is 9.97. The summed E-state index contributed by atoms with van der Waals surface area (Å²) in [4.78, 5) is 0. The van der Waals surface area contributed by atoms with E-state index in [1.807, 2.05) is 28.7 Å². The van der Waals surface area contributed by atoms with E-state index in [2.05, 4.69) is 36.3 Å². The van der Waals surface area contributed by atoms with Crippen molar-refractivity contribution in [2.45, 2.75) is 19.2 Å². The molecule has 0 aliphatic carbocycles. The number of hydrogen-bond donors (Lipinski definition) is 1. The maximum atomic E-state index is 5.56. The Hall–Kier alpha value is -1.42. The van der Waals surface area contributed by atoms with Gasteiger partial charge >= 0.3 is 0 Å². The molecule has 2 rings (SSSR count). The van der Waals surface area contributed by atoms with Crippen LogP contribution in [0, 0.1) is 6.92 Å². The van der Waals surface area contributed by atoms with Crippen LogP contribution in [-0.4, -0.2) is 15.5 Å². The first-order chi connectivity index (χ1) is 8.25. The molecule has 0 saturated heterocycles. The van der Waals surface area contributed by atoms with Gasteiger partial charge < -0.3 is 5.73 Å². The number of aryl methyl sites for hydroxylation is 2. The Morgan fingerprint density at radius 2 is 2.12 bits per heavy atom. The van der Waals surface area contributed by atoms with Crippen LogP contribution in [0.15, 0.2) is 36.5 Å². The van der Waals surface area contributed by atoms with Gasteiger partial charge in [-0.3, -0.25) is 4.68 Å². The molecule has 0 spiro atoms. The van der Waals surface area contributed by atoms with Gasteiger partial charge in [0.1, 0.15) is 5.82 Å². The van der Waals surface area contributed by atoms with Crippen molar-refractivity contribution in [1.82, 2.24) is 9.78 Å². The molecule has 1 aromatic carbocycles. The van der Waals surface area contributed by atoms with Gasteiger partial charge in [-0.05, 0) is 24.1 Å². The fraction of sp³-hybridized carbons (Fsp3) is 0.308. The summed E-state index contributed by atoms with van der Waals surface area (Å²) in [5.41, 5.74) is 8.33. The molecule has 0 fully saturated rings. The van der Waals surface area contributed by atoms with E-state index in [0.717, 1.165) is 18.1 Å². The lowest BCUT2D eigenvalue weighted by Gasteiger charge is -2.05. The highest BCUT2D eigenvalue weighted by atomic mass is 32.2. The number of hydrogen-bond acceptors (Lipinski definition) is 3. The lowest BCUT2D eigenvalue weighted by Crippen LogP contribution is -2.02. The Labute approximate surface area is 106 Å². The van der Waals surface area contributed by atoms with E-state index in [-0.39, 0.29) is 0 Å². The first-order valence-electron chi connectivity index (χ1n) is 5.67. The van der Waals surface area contributed by atoms with Gasteiger partial charge in [-0.2, -0.15) is 16.9 Å². The highest BCUT2D eigenvalue weighted by molar-refractivity contribution is 7.98. The smallest absolute Gasteiger partial charge is 0.145 e. The van der Waals surface area contributed by atoms with Gasteiger partial charge in [-0.1, -0.05) is 24.3 Å². The predicted molar refractivity (Wildman–Crippen MR) is 74.0 cm³/mol. The summed E-state index contributed by atoms with van der Waals surface area (Å²) in [6.45, 7) is 3.07. The molecule has 0 aliphatic rings. The molecule has 0 radical (unpaired) electrons. The van der Waals surface area contributed by atoms with Crippen molar-refractivity contribution in [3.8, 4) is 0 Å². The molecule has 4 heteroatoms. The number of thioether (sulfide) groups is 1. The van der Waals surface area contributed by atoms with Crippen LogP contribution in [0.4, 0.5) is 5.82 Å². The number of rotatable bonds is 5. The van der Waals surface area contributed by atoms with Gasteiger partial charge in [-0.25, -0.2) is 0 Å². The van der Waals surface area contributed by atoms with Crippen LogP contribution in [0.1, 0.15) is 11.1 Å². The van der Waals surface area contributed by atoms with Crippen LogP contribution in [0.5, 0.6) is 0 Å². The van der Waals surface area contributed by atoms with Crippen molar-refractivity contribution in [1.29, 1.82) is 0 Å². The Balaban J connectivity index is 1.75. The van der Waals surface area contributed by atoms with Gasteiger partial charge in [-0.15, -0.1) is 0 Å². The number of nitrogens with two attached hydrogens (primary N) is 1. The topological polar surface area (TPSA) is 43.8 Å². The zero-order valence-corrected chi connectivity index (χ0v) is 10.8. The van der Waals surface area contributed by atoms with Crippen LogP contribution in [0.25, 0.3) is 0 Å². The van der Waals surface area contributed by atoms with E-state index in [1.165, 1.54) is 11.1 Å². The lowest BCUT2D eigenvalue weighted by atomic mass is 10.1. The van der Waals surface area contributed by atoms with Gasteiger partial charge in [0.2, 0.25) is 0 Å². The normalized spacial score (nSPS) is 10.6. The van der Waals surface area contributed by atoms with E-state index >= 15 is 0 Å². The average molecular weight is 247 g/mol. The molecule has 90 valence electrons. The van der Waals surface area contributed by atoms with E-state index in [1.54, 1.807) is 0 Å². The van der Waals surface area contributed by atoms with Crippen molar-refractivity contribution in [2.75, 3.05) is 11.5 Å². The Bertz CT molecular complexity index is 479. The van der Waals surface area contributed by atoms with Crippen molar-refractivity contribution in [3.05, 3.63) is 47.7 Å². The summed E-state index contributed by atoms with van der Waals surface area (Å²) in [7, 11) is 0. The van der Waals surface area contributed by atoms with Crippen LogP contribution < -0.4 is 5.73 Å². The largest absolute Gasteiger partial charge is 0.382 e. The molecule has 0 atom stereocenters. The highest BCUT2D eigenvalue weighted by Gasteiger charge is 1.98. The SMILES string of the molecule is Cc1ccccc1CSCCn1ccc(N)n1. The summed E-state index contributed by atoms with van der Waals surface area (Å²) >= 11 is 1.92. The second-order valence-electron chi connectivity index (χ2n) is 3.98. The molecule has 0 amide bonds. The van der Waals surface area contributed by atoms with Gasteiger partial charge in [0.25, 0.3) is 0 Å². The van der Waals surface area contributed by atoms with Crippen molar-refractivity contribution in [2.24, 2.45) is 0 Å². The fourth-order valence-electron chi connectivity index (χ4n) is 1.61. The minimum atomic E-state index is 0.592. The number of anilines is 1. The Kier molecular flexibility index (Phi) is 4.09. The number of benzene rings is 1. The standard InChI is InChI=1S/C13H17N3S/c1-11-4-2-3-5-12(11)10-17-9-8-16-7-6-13(14)15-16/h2-7H,8-10H2,1H3,(H2,14,15). The quantitative estimate of drug-likeness (QED) is 0.826. The van der Waals surface area contributed by atoms with Crippen molar-refractivity contribution < 1.29 is 0 Å². The lowest BCUT2D eigenvalue weighted by molar-refractivity contribution is 0.669.